The molecule has 2 atom stereocenters. The summed E-state index contributed by atoms with van der Waals surface area (Å²) in [5.74, 6) is 0.400. The quantitative estimate of drug-likeness (QED) is 0.810. The van der Waals surface area contributed by atoms with Crippen LogP contribution < -0.4 is 5.73 Å². The highest BCUT2D eigenvalue weighted by molar-refractivity contribution is 5.41. The van der Waals surface area contributed by atoms with Crippen molar-refractivity contribution >= 4 is 5.82 Å². The molecule has 1 aromatic rings. The van der Waals surface area contributed by atoms with Gasteiger partial charge in [-0.3, -0.25) is 0 Å². The van der Waals surface area contributed by atoms with E-state index in [-0.39, 0.29) is 5.54 Å². The third-order valence-corrected chi connectivity index (χ3v) is 3.49. The smallest absolute Gasteiger partial charge is 0.129 e. The van der Waals surface area contributed by atoms with Crippen LogP contribution in [0.2, 0.25) is 0 Å². The van der Waals surface area contributed by atoms with Crippen LogP contribution in [-0.4, -0.2) is 34.6 Å². The minimum Gasteiger partial charge on any atom is -0.386 e. The first-order chi connectivity index (χ1) is 7.43. The molecule has 0 spiro atoms. The molecule has 0 saturated carbocycles. The average molecular weight is 223 g/mol. The fourth-order valence-corrected chi connectivity index (χ4v) is 1.75. The van der Waals surface area contributed by atoms with E-state index in [0.717, 1.165) is 6.42 Å². The highest BCUT2D eigenvalue weighted by Crippen LogP contribution is 2.34. The van der Waals surface area contributed by atoms with Gasteiger partial charge in [-0.05, 0) is 33.5 Å². The number of aromatic nitrogens is 1. The van der Waals surface area contributed by atoms with Crippen molar-refractivity contribution in [2.45, 2.75) is 31.9 Å². The van der Waals surface area contributed by atoms with Gasteiger partial charge in [-0.15, -0.1) is 0 Å². The average Bonchev–Trinajstić information content (AvgIpc) is 2.27. The molecule has 0 aliphatic rings. The topological polar surface area (TPSA) is 62.4 Å². The third-order valence-electron chi connectivity index (χ3n) is 3.49. The van der Waals surface area contributed by atoms with Gasteiger partial charge < -0.3 is 15.7 Å². The van der Waals surface area contributed by atoms with E-state index in [1.165, 1.54) is 0 Å². The molecule has 1 aromatic heterocycles. The Morgan fingerprint density at radius 2 is 2.19 bits per heavy atom. The number of nitrogens with two attached hydrogens (primary N) is 1. The Bertz CT molecular complexity index is 354. The number of aliphatic hydroxyl groups is 1. The molecule has 3 N–H and O–H groups in total. The molecule has 0 bridgehead atoms. The second kappa shape index (κ2) is 4.80. The number of nitrogens with zero attached hydrogens (tertiary/aromatic N) is 2. The van der Waals surface area contributed by atoms with E-state index in [0.29, 0.717) is 11.4 Å². The van der Waals surface area contributed by atoms with Gasteiger partial charge in [-0.25, -0.2) is 4.98 Å². The Morgan fingerprint density at radius 1 is 1.56 bits per heavy atom. The van der Waals surface area contributed by atoms with E-state index < -0.39 is 6.10 Å². The summed E-state index contributed by atoms with van der Waals surface area (Å²) in [5.41, 5.74) is 6.14. The van der Waals surface area contributed by atoms with Crippen molar-refractivity contribution in [3.63, 3.8) is 0 Å². The molecule has 0 fully saturated rings. The van der Waals surface area contributed by atoms with Gasteiger partial charge in [-0.2, -0.15) is 0 Å². The van der Waals surface area contributed by atoms with Crippen LogP contribution in [0, 0.1) is 0 Å². The van der Waals surface area contributed by atoms with Crippen molar-refractivity contribution in [3.8, 4) is 0 Å². The van der Waals surface area contributed by atoms with Crippen LogP contribution in [0.5, 0.6) is 0 Å². The second-order valence-electron chi connectivity index (χ2n) is 4.49. The van der Waals surface area contributed by atoms with Gasteiger partial charge in [-0.1, -0.05) is 13.0 Å². The van der Waals surface area contributed by atoms with Crippen molar-refractivity contribution in [1.82, 2.24) is 9.88 Å². The Morgan fingerprint density at radius 3 is 2.62 bits per heavy atom. The monoisotopic (exact) mass is 223 g/mol. The summed E-state index contributed by atoms with van der Waals surface area (Å²) in [4.78, 5) is 6.02. The lowest BCUT2D eigenvalue weighted by molar-refractivity contribution is 0.00116. The minimum absolute atomic E-state index is 0.336. The SMILES string of the molecule is CCC(C)(C(O)c1cccnc1N)N(C)C. The molecule has 0 radical (unpaired) electrons. The summed E-state index contributed by atoms with van der Waals surface area (Å²) in [6, 6.07) is 3.62. The maximum atomic E-state index is 10.4. The molecule has 1 rings (SSSR count). The van der Waals surface area contributed by atoms with Crippen LogP contribution in [0.25, 0.3) is 0 Å². The van der Waals surface area contributed by atoms with Gasteiger partial charge in [0.15, 0.2) is 0 Å². The molecule has 0 aromatic carbocycles. The molecular weight excluding hydrogens is 202 g/mol. The number of hydrogen-bond donors (Lipinski definition) is 2. The lowest BCUT2D eigenvalue weighted by atomic mass is 9.86. The van der Waals surface area contributed by atoms with Crippen LogP contribution in [0.15, 0.2) is 18.3 Å². The van der Waals surface area contributed by atoms with Gasteiger partial charge in [0.2, 0.25) is 0 Å². The van der Waals surface area contributed by atoms with Crippen LogP contribution in [-0.2, 0) is 0 Å². The Labute approximate surface area is 97.1 Å². The van der Waals surface area contributed by atoms with E-state index in [4.69, 9.17) is 5.73 Å². The van der Waals surface area contributed by atoms with Crippen LogP contribution in [0.1, 0.15) is 31.9 Å². The maximum Gasteiger partial charge on any atom is 0.129 e. The Balaban J connectivity index is 3.10. The molecule has 4 nitrogen and oxygen atoms in total. The van der Waals surface area contributed by atoms with Crippen molar-refractivity contribution in [2.75, 3.05) is 19.8 Å². The fourth-order valence-electron chi connectivity index (χ4n) is 1.75. The van der Waals surface area contributed by atoms with E-state index >= 15 is 0 Å². The summed E-state index contributed by atoms with van der Waals surface area (Å²) in [6.45, 7) is 4.07. The summed E-state index contributed by atoms with van der Waals surface area (Å²) in [6.07, 6.45) is 1.82. The summed E-state index contributed by atoms with van der Waals surface area (Å²) in [5, 5.41) is 10.4. The van der Waals surface area contributed by atoms with Crippen LogP contribution >= 0.6 is 0 Å². The van der Waals surface area contributed by atoms with Gasteiger partial charge in [0.05, 0.1) is 0 Å². The number of rotatable bonds is 4. The molecule has 2 unspecified atom stereocenters. The molecule has 0 amide bonds. The number of nitrogen functional groups attached to an aromatic ring is 1. The van der Waals surface area contributed by atoms with Gasteiger partial charge >= 0.3 is 0 Å². The Kier molecular flexibility index (Phi) is 3.88. The zero-order chi connectivity index (χ0) is 12.3. The minimum atomic E-state index is -0.638. The van der Waals surface area contributed by atoms with Crippen molar-refractivity contribution < 1.29 is 5.11 Å². The second-order valence-corrected chi connectivity index (χ2v) is 4.49. The lowest BCUT2D eigenvalue weighted by Crippen LogP contribution is -2.46. The van der Waals surface area contributed by atoms with Crippen molar-refractivity contribution in [1.29, 1.82) is 0 Å². The predicted octanol–water partition coefficient (Wildman–Crippen LogP) is 1.43. The van der Waals surface area contributed by atoms with Gasteiger partial charge in [0, 0.05) is 17.3 Å². The normalized spacial score (nSPS) is 17.1. The number of likely N-dealkylation sites (N-methyl/N-ethyl adjacent to an activating group) is 1. The van der Waals surface area contributed by atoms with Crippen molar-refractivity contribution in [2.24, 2.45) is 0 Å². The maximum absolute atomic E-state index is 10.4. The number of hydrogen-bond acceptors (Lipinski definition) is 4. The lowest BCUT2D eigenvalue weighted by Gasteiger charge is -2.40. The van der Waals surface area contributed by atoms with Crippen LogP contribution in [0.4, 0.5) is 5.82 Å². The van der Waals surface area contributed by atoms with E-state index in [1.54, 1.807) is 12.3 Å². The zero-order valence-corrected chi connectivity index (χ0v) is 10.4. The van der Waals surface area contributed by atoms with E-state index in [1.807, 2.05) is 32.0 Å². The summed E-state index contributed by atoms with van der Waals surface area (Å²) >= 11 is 0. The number of aliphatic hydroxyl groups excluding tert-OH is 1. The highest BCUT2D eigenvalue weighted by Gasteiger charge is 2.35. The molecule has 90 valence electrons. The molecule has 0 aliphatic carbocycles. The third kappa shape index (κ3) is 2.18. The van der Waals surface area contributed by atoms with E-state index in [9.17, 15) is 5.11 Å². The Hall–Kier alpha value is -1.13. The van der Waals surface area contributed by atoms with Crippen LogP contribution in [0.3, 0.4) is 0 Å². The number of pyridine rings is 1. The first-order valence-corrected chi connectivity index (χ1v) is 5.49. The molecule has 16 heavy (non-hydrogen) atoms. The largest absolute Gasteiger partial charge is 0.386 e. The van der Waals surface area contributed by atoms with Gasteiger partial charge in [0.25, 0.3) is 0 Å². The fraction of sp³-hybridized carbons (Fsp3) is 0.583. The highest BCUT2D eigenvalue weighted by atomic mass is 16.3. The first kappa shape index (κ1) is 12.9. The molecule has 0 saturated heterocycles. The van der Waals surface area contributed by atoms with Gasteiger partial charge in [0.1, 0.15) is 11.9 Å². The van der Waals surface area contributed by atoms with E-state index in [2.05, 4.69) is 11.9 Å². The number of anilines is 1. The summed E-state index contributed by atoms with van der Waals surface area (Å²) < 4.78 is 0. The predicted molar refractivity (Wildman–Crippen MR) is 66.0 cm³/mol. The first-order valence-electron chi connectivity index (χ1n) is 5.49. The molecule has 1 heterocycles. The standard InChI is InChI=1S/C12H21N3O/c1-5-12(2,15(3)4)10(16)9-7-6-8-14-11(9)13/h6-8,10,16H,5H2,1-4H3,(H2,13,14). The zero-order valence-electron chi connectivity index (χ0n) is 10.4. The summed E-state index contributed by atoms with van der Waals surface area (Å²) in [7, 11) is 3.92. The molecule has 0 aliphatic heterocycles. The van der Waals surface area contributed by atoms with Crippen molar-refractivity contribution in [3.05, 3.63) is 23.9 Å². The molecule has 4 heteroatoms. The molecular formula is C12H21N3O.